The Morgan fingerprint density at radius 1 is 1.47 bits per heavy atom. The van der Waals surface area contributed by atoms with Crippen LogP contribution >= 0.6 is 11.3 Å². The van der Waals surface area contributed by atoms with Gasteiger partial charge in [0.2, 0.25) is 0 Å². The first kappa shape index (κ1) is 14.5. The molecule has 0 saturated heterocycles. The normalized spacial score (nSPS) is 23.3. The Morgan fingerprint density at radius 3 is 2.79 bits per heavy atom. The number of nitrogens with zero attached hydrogens (tertiary/aromatic N) is 1. The molecule has 0 radical (unpaired) electrons. The minimum absolute atomic E-state index is 0.195. The summed E-state index contributed by atoms with van der Waals surface area (Å²) >= 11 is 1.55. The molecule has 1 aliphatic rings. The molecule has 1 heterocycles. The van der Waals surface area contributed by atoms with Crippen molar-refractivity contribution in [3.63, 3.8) is 0 Å². The Kier molecular flexibility index (Phi) is 4.99. The summed E-state index contributed by atoms with van der Waals surface area (Å²) in [6.45, 7) is 5.55. The molecule has 0 bridgehead atoms. The maximum atomic E-state index is 12.7. The number of rotatable bonds is 4. The first-order valence-corrected chi connectivity index (χ1v) is 8.12. The molecule has 1 saturated carbocycles. The lowest BCUT2D eigenvalue weighted by atomic mass is 9.83. The van der Waals surface area contributed by atoms with Gasteiger partial charge < -0.3 is 10.6 Å². The van der Waals surface area contributed by atoms with Gasteiger partial charge in [0.15, 0.2) is 0 Å². The average molecular weight is 280 g/mol. The Bertz CT molecular complexity index is 430. The van der Waals surface area contributed by atoms with Gasteiger partial charge in [0, 0.05) is 12.6 Å². The molecule has 1 aliphatic carbocycles. The smallest absolute Gasteiger partial charge is 0.264 e. The third-order valence-corrected chi connectivity index (χ3v) is 5.23. The van der Waals surface area contributed by atoms with E-state index in [-0.39, 0.29) is 5.91 Å². The number of thiophene rings is 1. The van der Waals surface area contributed by atoms with Gasteiger partial charge in [0.05, 0.1) is 4.88 Å². The highest BCUT2D eigenvalue weighted by Gasteiger charge is 2.32. The number of amides is 1. The lowest BCUT2D eigenvalue weighted by molar-refractivity contribution is 0.0564. The summed E-state index contributed by atoms with van der Waals surface area (Å²) in [5.74, 6) is 0.665. The molecule has 1 fully saturated rings. The zero-order valence-corrected chi connectivity index (χ0v) is 12.7. The molecule has 1 amide bonds. The van der Waals surface area contributed by atoms with Crippen LogP contribution in [0.2, 0.25) is 0 Å². The van der Waals surface area contributed by atoms with Crippen molar-refractivity contribution in [3.05, 3.63) is 21.9 Å². The lowest BCUT2D eigenvalue weighted by Crippen LogP contribution is -2.47. The van der Waals surface area contributed by atoms with Crippen LogP contribution in [0.4, 0.5) is 0 Å². The summed E-state index contributed by atoms with van der Waals surface area (Å²) in [7, 11) is 0. The fraction of sp³-hybridized carbons (Fsp3) is 0.667. The molecule has 2 atom stereocenters. The molecule has 0 spiro atoms. The molecule has 2 N–H and O–H groups in total. The summed E-state index contributed by atoms with van der Waals surface area (Å²) in [6.07, 6.45) is 4.73. The Hall–Kier alpha value is -0.870. The molecule has 0 aliphatic heterocycles. The Labute approximate surface area is 119 Å². The minimum atomic E-state index is 0.195. The van der Waals surface area contributed by atoms with E-state index in [0.717, 1.165) is 29.8 Å². The second-order valence-electron chi connectivity index (χ2n) is 5.37. The Balaban J connectivity index is 2.19. The van der Waals surface area contributed by atoms with E-state index >= 15 is 0 Å². The van der Waals surface area contributed by atoms with Crippen LogP contribution in [0, 0.1) is 12.8 Å². The standard InChI is InChI=1S/C15H24N2OS/c1-3-17(13-7-5-4-6-12(13)10-16)15(18)14-11(2)8-9-19-14/h8-9,12-13H,3-7,10,16H2,1-2H3. The third kappa shape index (κ3) is 3.00. The highest BCUT2D eigenvalue weighted by molar-refractivity contribution is 7.12. The number of hydrogen-bond acceptors (Lipinski definition) is 3. The molecule has 106 valence electrons. The highest BCUT2D eigenvalue weighted by atomic mass is 32.1. The van der Waals surface area contributed by atoms with Crippen molar-refractivity contribution in [1.29, 1.82) is 0 Å². The van der Waals surface area contributed by atoms with Gasteiger partial charge in [-0.2, -0.15) is 0 Å². The van der Waals surface area contributed by atoms with Gasteiger partial charge in [0.1, 0.15) is 0 Å². The molecule has 4 heteroatoms. The number of aryl methyl sites for hydroxylation is 1. The van der Waals surface area contributed by atoms with Gasteiger partial charge >= 0.3 is 0 Å². The van der Waals surface area contributed by atoms with Gasteiger partial charge in [-0.3, -0.25) is 4.79 Å². The largest absolute Gasteiger partial charge is 0.335 e. The van der Waals surface area contributed by atoms with Gasteiger partial charge in [-0.1, -0.05) is 12.8 Å². The van der Waals surface area contributed by atoms with E-state index in [1.165, 1.54) is 12.8 Å². The van der Waals surface area contributed by atoms with E-state index in [9.17, 15) is 4.79 Å². The highest BCUT2D eigenvalue weighted by Crippen LogP contribution is 2.30. The second-order valence-corrected chi connectivity index (χ2v) is 6.29. The number of carbonyl (C=O) groups is 1. The van der Waals surface area contributed by atoms with Crippen molar-refractivity contribution in [2.75, 3.05) is 13.1 Å². The van der Waals surface area contributed by atoms with Crippen LogP contribution < -0.4 is 5.73 Å². The van der Waals surface area contributed by atoms with Crippen molar-refractivity contribution in [3.8, 4) is 0 Å². The van der Waals surface area contributed by atoms with Crippen LogP contribution in [-0.2, 0) is 0 Å². The summed E-state index contributed by atoms with van der Waals surface area (Å²) in [6, 6.07) is 2.35. The predicted octanol–water partition coefficient (Wildman–Crippen LogP) is 3.04. The zero-order valence-electron chi connectivity index (χ0n) is 11.9. The molecule has 2 rings (SSSR count). The van der Waals surface area contributed by atoms with Crippen molar-refractivity contribution in [2.45, 2.75) is 45.6 Å². The lowest BCUT2D eigenvalue weighted by Gasteiger charge is -2.39. The van der Waals surface area contributed by atoms with E-state index in [4.69, 9.17) is 5.73 Å². The summed E-state index contributed by atoms with van der Waals surface area (Å²) in [5.41, 5.74) is 6.99. The first-order valence-electron chi connectivity index (χ1n) is 7.24. The maximum absolute atomic E-state index is 12.7. The molecular weight excluding hydrogens is 256 g/mol. The van der Waals surface area contributed by atoms with Crippen LogP contribution in [0.1, 0.15) is 47.8 Å². The van der Waals surface area contributed by atoms with Crippen molar-refractivity contribution >= 4 is 17.2 Å². The molecule has 0 aromatic carbocycles. The molecule has 2 unspecified atom stereocenters. The SMILES string of the molecule is CCN(C(=O)c1sccc1C)C1CCCCC1CN. The van der Waals surface area contributed by atoms with Gasteiger partial charge in [-0.25, -0.2) is 0 Å². The Morgan fingerprint density at radius 2 is 2.21 bits per heavy atom. The zero-order chi connectivity index (χ0) is 13.8. The molecule has 3 nitrogen and oxygen atoms in total. The molecule has 19 heavy (non-hydrogen) atoms. The fourth-order valence-electron chi connectivity index (χ4n) is 3.12. The number of nitrogens with two attached hydrogens (primary N) is 1. The maximum Gasteiger partial charge on any atom is 0.264 e. The quantitative estimate of drug-likeness (QED) is 0.921. The van der Waals surface area contributed by atoms with E-state index in [1.807, 2.05) is 18.4 Å². The van der Waals surface area contributed by atoms with Crippen LogP contribution in [0.25, 0.3) is 0 Å². The van der Waals surface area contributed by atoms with E-state index in [2.05, 4.69) is 11.8 Å². The third-order valence-electron chi connectivity index (χ3n) is 4.23. The summed E-state index contributed by atoms with van der Waals surface area (Å²) < 4.78 is 0. The number of hydrogen-bond donors (Lipinski definition) is 1. The van der Waals surface area contributed by atoms with Crippen molar-refractivity contribution in [2.24, 2.45) is 11.7 Å². The number of carbonyl (C=O) groups excluding carboxylic acids is 1. The minimum Gasteiger partial charge on any atom is -0.335 e. The first-order chi connectivity index (χ1) is 9.19. The molecule has 1 aromatic heterocycles. The average Bonchev–Trinajstić information content (AvgIpc) is 2.86. The monoisotopic (exact) mass is 280 g/mol. The van der Waals surface area contributed by atoms with Gasteiger partial charge in [-0.15, -0.1) is 11.3 Å². The van der Waals surface area contributed by atoms with E-state index in [1.54, 1.807) is 11.3 Å². The van der Waals surface area contributed by atoms with Crippen LogP contribution in [0.3, 0.4) is 0 Å². The van der Waals surface area contributed by atoms with Gasteiger partial charge in [-0.05, 0) is 56.2 Å². The van der Waals surface area contributed by atoms with Crippen molar-refractivity contribution < 1.29 is 4.79 Å². The van der Waals surface area contributed by atoms with Crippen LogP contribution in [-0.4, -0.2) is 29.9 Å². The van der Waals surface area contributed by atoms with Crippen molar-refractivity contribution in [1.82, 2.24) is 4.90 Å². The molecule has 1 aromatic rings. The van der Waals surface area contributed by atoms with E-state index < -0.39 is 0 Å². The summed E-state index contributed by atoms with van der Waals surface area (Å²) in [4.78, 5) is 15.7. The van der Waals surface area contributed by atoms with Crippen LogP contribution in [0.5, 0.6) is 0 Å². The summed E-state index contributed by atoms with van der Waals surface area (Å²) in [5, 5.41) is 2.00. The van der Waals surface area contributed by atoms with Gasteiger partial charge in [0.25, 0.3) is 5.91 Å². The van der Waals surface area contributed by atoms with Crippen LogP contribution in [0.15, 0.2) is 11.4 Å². The fourth-order valence-corrected chi connectivity index (χ4v) is 4.00. The predicted molar refractivity (Wildman–Crippen MR) is 80.6 cm³/mol. The molecular formula is C15H24N2OS. The second kappa shape index (κ2) is 6.53. The van der Waals surface area contributed by atoms with E-state index in [0.29, 0.717) is 18.5 Å². The topological polar surface area (TPSA) is 46.3 Å².